The minimum atomic E-state index is -0.551. The van der Waals surface area contributed by atoms with Crippen LogP contribution in [0.25, 0.3) is 6.08 Å². The maximum atomic E-state index is 12.3. The number of nitriles is 1. The number of hydrogen-bond acceptors (Lipinski definition) is 7. The topological polar surface area (TPSA) is 121 Å². The number of carbonyl (C=O) groups excluding carboxylic acids is 1. The maximum absolute atomic E-state index is 12.3. The number of aromatic hydroxyl groups is 2. The van der Waals surface area contributed by atoms with Crippen LogP contribution in [0.3, 0.4) is 0 Å². The Labute approximate surface area is 188 Å². The Bertz CT molecular complexity index is 997. The Balaban J connectivity index is 0.00000249. The Morgan fingerprint density at radius 1 is 1.03 bits per heavy atom. The number of phenolic OH excluding ortho intramolecular Hbond substituents is 2. The molecule has 1 amide bonds. The number of allylic oxidation sites excluding steroid dienone is 2. The number of amides is 1. The van der Waals surface area contributed by atoms with Gasteiger partial charge in [-0.3, -0.25) is 4.79 Å². The van der Waals surface area contributed by atoms with Gasteiger partial charge in [0.2, 0.25) is 5.75 Å². The van der Waals surface area contributed by atoms with Crippen LogP contribution in [-0.4, -0.2) is 37.4 Å². The molecule has 0 aromatic heterocycles. The van der Waals surface area contributed by atoms with Crippen molar-refractivity contribution >= 4 is 12.0 Å². The van der Waals surface area contributed by atoms with Gasteiger partial charge in [0, 0.05) is 6.54 Å². The van der Waals surface area contributed by atoms with Gasteiger partial charge in [-0.2, -0.15) is 5.26 Å². The van der Waals surface area contributed by atoms with Crippen LogP contribution in [0.15, 0.2) is 48.1 Å². The van der Waals surface area contributed by atoms with E-state index in [4.69, 9.17) is 14.2 Å². The molecule has 0 heterocycles. The van der Waals surface area contributed by atoms with Crippen LogP contribution in [-0.2, 0) is 11.3 Å². The first-order chi connectivity index (χ1) is 15.4. The summed E-state index contributed by atoms with van der Waals surface area (Å²) in [6.45, 7) is 4.14. The number of nitrogens with one attached hydrogen (secondary N) is 1. The summed E-state index contributed by atoms with van der Waals surface area (Å²) < 4.78 is 15.8. The molecule has 170 valence electrons. The van der Waals surface area contributed by atoms with Crippen LogP contribution in [0.2, 0.25) is 0 Å². The van der Waals surface area contributed by atoms with Crippen molar-refractivity contribution < 1.29 is 29.2 Å². The van der Waals surface area contributed by atoms with Gasteiger partial charge in [-0.1, -0.05) is 32.1 Å². The molecule has 2 rings (SSSR count). The monoisotopic (exact) mass is 440 g/mol. The zero-order valence-corrected chi connectivity index (χ0v) is 18.8. The quantitative estimate of drug-likeness (QED) is 0.246. The second kappa shape index (κ2) is 13.2. The van der Waals surface area contributed by atoms with Gasteiger partial charge in [-0.05, 0) is 41.5 Å². The van der Waals surface area contributed by atoms with Gasteiger partial charge in [-0.25, -0.2) is 0 Å². The molecule has 2 aromatic carbocycles. The third-order valence-corrected chi connectivity index (χ3v) is 4.09. The summed E-state index contributed by atoms with van der Waals surface area (Å²) in [6, 6.07) is 9.53. The lowest BCUT2D eigenvalue weighted by Crippen LogP contribution is -2.24. The molecule has 0 atom stereocenters. The number of nitrogens with zero attached hydrogens (tertiary/aromatic N) is 1. The van der Waals surface area contributed by atoms with Gasteiger partial charge in [0.05, 0.1) is 21.3 Å². The van der Waals surface area contributed by atoms with Crippen LogP contribution in [0, 0.1) is 11.3 Å². The molecule has 0 aliphatic heterocycles. The maximum Gasteiger partial charge on any atom is 0.262 e. The summed E-state index contributed by atoms with van der Waals surface area (Å²) in [4.78, 5) is 12.3. The van der Waals surface area contributed by atoms with Gasteiger partial charge in [0.1, 0.15) is 11.6 Å². The molecule has 2 aromatic rings. The molecule has 8 heteroatoms. The van der Waals surface area contributed by atoms with E-state index in [0.717, 1.165) is 0 Å². The SMILES string of the molecule is CC.COc1cc(CNC(=O)/C(C#N)=C/C=C/c2ccc(O)c(O)c2)cc(OC)c1OC. The molecule has 0 saturated heterocycles. The Morgan fingerprint density at radius 2 is 1.66 bits per heavy atom. The lowest BCUT2D eigenvalue weighted by atomic mass is 10.1. The van der Waals surface area contributed by atoms with E-state index in [2.05, 4.69) is 5.32 Å². The molecule has 32 heavy (non-hydrogen) atoms. The normalized spacial score (nSPS) is 10.6. The standard InChI is InChI=1S/C22H22N2O6.C2H6/c1-28-19-10-15(11-20(29-2)21(19)30-3)13-24-22(27)16(12-23)6-4-5-14-7-8-17(25)18(26)9-14;1-2/h4-11,25-26H,13H2,1-3H3,(H,24,27);1-2H3/b5-4+,16-6+;. The summed E-state index contributed by atoms with van der Waals surface area (Å²) in [6.07, 6.45) is 4.45. The predicted molar refractivity (Wildman–Crippen MR) is 122 cm³/mol. The van der Waals surface area contributed by atoms with E-state index < -0.39 is 5.91 Å². The number of carbonyl (C=O) groups is 1. The van der Waals surface area contributed by atoms with E-state index in [1.54, 1.807) is 24.3 Å². The Kier molecular flexibility index (Phi) is 10.7. The number of benzene rings is 2. The van der Waals surface area contributed by atoms with Crippen molar-refractivity contribution in [3.8, 4) is 34.8 Å². The third-order valence-electron chi connectivity index (χ3n) is 4.09. The van der Waals surface area contributed by atoms with Crippen LogP contribution in [0.1, 0.15) is 25.0 Å². The summed E-state index contributed by atoms with van der Waals surface area (Å²) in [5.74, 6) is 0.313. The summed E-state index contributed by atoms with van der Waals surface area (Å²) in [7, 11) is 4.49. The number of hydrogen-bond donors (Lipinski definition) is 3. The first-order valence-corrected chi connectivity index (χ1v) is 9.81. The van der Waals surface area contributed by atoms with Gasteiger partial charge < -0.3 is 29.7 Å². The van der Waals surface area contributed by atoms with Crippen LogP contribution >= 0.6 is 0 Å². The molecule has 0 aliphatic carbocycles. The largest absolute Gasteiger partial charge is 0.504 e. The van der Waals surface area contributed by atoms with Crippen LogP contribution in [0.4, 0.5) is 0 Å². The number of ether oxygens (including phenoxy) is 3. The van der Waals surface area contributed by atoms with Gasteiger partial charge in [0.15, 0.2) is 23.0 Å². The fraction of sp³-hybridized carbons (Fsp3) is 0.250. The minimum absolute atomic E-state index is 0.0957. The summed E-state index contributed by atoms with van der Waals surface area (Å²) >= 11 is 0. The lowest BCUT2D eigenvalue weighted by Gasteiger charge is -2.14. The molecule has 0 radical (unpaired) electrons. The highest BCUT2D eigenvalue weighted by Gasteiger charge is 2.14. The molecule has 0 aliphatic rings. The molecule has 0 spiro atoms. The van der Waals surface area contributed by atoms with Crippen molar-refractivity contribution in [1.82, 2.24) is 5.32 Å². The van der Waals surface area contributed by atoms with Crippen molar-refractivity contribution in [3.63, 3.8) is 0 Å². The number of methoxy groups -OCH3 is 3. The molecule has 8 nitrogen and oxygen atoms in total. The predicted octanol–water partition coefficient (Wildman–Crippen LogP) is 3.93. The van der Waals surface area contributed by atoms with Crippen LogP contribution < -0.4 is 19.5 Å². The summed E-state index contributed by atoms with van der Waals surface area (Å²) in [5, 5.41) is 30.7. The molecule has 0 bridgehead atoms. The van der Waals surface area contributed by atoms with E-state index in [1.165, 1.54) is 45.6 Å². The minimum Gasteiger partial charge on any atom is -0.504 e. The highest BCUT2D eigenvalue weighted by Crippen LogP contribution is 2.38. The Morgan fingerprint density at radius 3 is 2.16 bits per heavy atom. The molecular formula is C24H28N2O6. The zero-order chi connectivity index (χ0) is 24.1. The highest BCUT2D eigenvalue weighted by molar-refractivity contribution is 5.97. The zero-order valence-electron chi connectivity index (χ0n) is 18.8. The second-order valence-electron chi connectivity index (χ2n) is 6.02. The molecule has 0 fully saturated rings. The van der Waals surface area contributed by atoms with Crippen LogP contribution in [0.5, 0.6) is 28.7 Å². The van der Waals surface area contributed by atoms with Crippen molar-refractivity contribution in [3.05, 3.63) is 59.2 Å². The van der Waals surface area contributed by atoms with Gasteiger partial charge in [-0.15, -0.1) is 0 Å². The smallest absolute Gasteiger partial charge is 0.262 e. The highest BCUT2D eigenvalue weighted by atomic mass is 16.5. The average Bonchev–Trinajstić information content (AvgIpc) is 2.82. The van der Waals surface area contributed by atoms with Gasteiger partial charge in [0.25, 0.3) is 5.91 Å². The van der Waals surface area contributed by atoms with E-state index in [-0.39, 0.29) is 23.6 Å². The first kappa shape index (κ1) is 25.9. The first-order valence-electron chi connectivity index (χ1n) is 9.81. The van der Waals surface area contributed by atoms with Crippen molar-refractivity contribution in [2.75, 3.05) is 21.3 Å². The van der Waals surface area contributed by atoms with Crippen molar-refractivity contribution in [2.24, 2.45) is 0 Å². The Hall–Kier alpha value is -4.12. The fourth-order valence-electron chi connectivity index (χ4n) is 2.58. The molecule has 3 N–H and O–H groups in total. The third kappa shape index (κ3) is 6.99. The van der Waals surface area contributed by atoms with E-state index in [0.29, 0.717) is 28.4 Å². The van der Waals surface area contributed by atoms with E-state index in [9.17, 15) is 20.3 Å². The van der Waals surface area contributed by atoms with Crippen molar-refractivity contribution in [1.29, 1.82) is 5.26 Å². The average molecular weight is 440 g/mol. The molecule has 0 unspecified atom stereocenters. The lowest BCUT2D eigenvalue weighted by molar-refractivity contribution is -0.117. The van der Waals surface area contributed by atoms with E-state index >= 15 is 0 Å². The fourth-order valence-corrected chi connectivity index (χ4v) is 2.58. The summed E-state index contributed by atoms with van der Waals surface area (Å²) in [5.41, 5.74) is 1.20. The molecular weight excluding hydrogens is 412 g/mol. The second-order valence-corrected chi connectivity index (χ2v) is 6.02. The van der Waals surface area contributed by atoms with Crippen molar-refractivity contribution in [2.45, 2.75) is 20.4 Å². The van der Waals surface area contributed by atoms with Gasteiger partial charge >= 0.3 is 0 Å². The number of phenols is 2. The number of rotatable bonds is 8. The van der Waals surface area contributed by atoms with E-state index in [1.807, 2.05) is 19.9 Å². The molecule has 0 saturated carbocycles.